The summed E-state index contributed by atoms with van der Waals surface area (Å²) in [5, 5.41) is -5.44. The van der Waals surface area contributed by atoms with Crippen LogP contribution in [0, 0.1) is 0 Å². The van der Waals surface area contributed by atoms with Gasteiger partial charge in [0.2, 0.25) is 0 Å². The van der Waals surface area contributed by atoms with E-state index in [1.54, 1.807) is 0 Å². The first-order valence-corrected chi connectivity index (χ1v) is 3.05. The Balaban J connectivity index is 2.97. The van der Waals surface area contributed by atoms with Crippen LogP contribution >= 0.6 is 11.6 Å². The highest BCUT2D eigenvalue weighted by molar-refractivity contribution is 6.22. The Bertz CT molecular complexity index is 235. The second kappa shape index (κ2) is 2.22. The predicted octanol–water partition coefficient (Wildman–Crippen LogP) is 2.74. The SMILES string of the molecule is FC(F)(Cl)C(F)(F)C1(F)OC1(F)F. The lowest BCUT2D eigenvalue weighted by molar-refractivity contribution is -0.236. The van der Waals surface area contributed by atoms with E-state index in [0.29, 0.717) is 0 Å². The normalized spacial score (nSPS) is 33.2. The highest BCUT2D eigenvalue weighted by atomic mass is 35.5. The number of hydrogen-bond donors (Lipinski definition) is 0. The summed E-state index contributed by atoms with van der Waals surface area (Å²) in [5.41, 5.74) is 0. The molecule has 1 aliphatic rings. The fourth-order valence-corrected chi connectivity index (χ4v) is 0.702. The molecule has 0 aromatic rings. The molecular formula is C4ClF7O. The summed E-state index contributed by atoms with van der Waals surface area (Å²) >= 11 is 3.74. The van der Waals surface area contributed by atoms with E-state index in [1.807, 2.05) is 0 Å². The number of hydrogen-bond acceptors (Lipinski definition) is 1. The summed E-state index contributed by atoms with van der Waals surface area (Å²) in [6.45, 7) is 0. The van der Waals surface area contributed by atoms with E-state index in [4.69, 9.17) is 0 Å². The van der Waals surface area contributed by atoms with Gasteiger partial charge in [0.25, 0.3) is 0 Å². The van der Waals surface area contributed by atoms with Crippen molar-refractivity contribution >= 4 is 11.6 Å². The maximum Gasteiger partial charge on any atom is 0.424 e. The minimum Gasteiger partial charge on any atom is -0.265 e. The van der Waals surface area contributed by atoms with E-state index >= 15 is 0 Å². The largest absolute Gasteiger partial charge is 0.424 e. The maximum atomic E-state index is 12.3. The van der Waals surface area contributed by atoms with Crippen molar-refractivity contribution in [3.8, 4) is 0 Å². The molecule has 1 fully saturated rings. The van der Waals surface area contributed by atoms with Gasteiger partial charge in [-0.2, -0.15) is 30.7 Å². The van der Waals surface area contributed by atoms with Gasteiger partial charge in [0.15, 0.2) is 0 Å². The molecule has 9 heteroatoms. The summed E-state index contributed by atoms with van der Waals surface area (Å²) in [6.07, 6.45) is -4.94. The van der Waals surface area contributed by atoms with Crippen molar-refractivity contribution in [2.75, 3.05) is 0 Å². The average Bonchev–Trinajstić information content (AvgIpc) is 2.31. The standard InChI is InChI=1S/C4ClF7O/c5-3(9,10)1(6,7)2(8)4(11,12)13-2. The maximum absolute atomic E-state index is 12.3. The third-order valence-corrected chi connectivity index (χ3v) is 1.60. The van der Waals surface area contributed by atoms with Crippen LogP contribution in [0.2, 0.25) is 0 Å². The fraction of sp³-hybridized carbons (Fsp3) is 1.00. The molecule has 0 spiro atoms. The van der Waals surface area contributed by atoms with Crippen molar-refractivity contribution < 1.29 is 35.5 Å². The van der Waals surface area contributed by atoms with Crippen molar-refractivity contribution in [2.24, 2.45) is 0 Å². The van der Waals surface area contributed by atoms with Gasteiger partial charge in [-0.3, -0.25) is 4.74 Å². The first-order chi connectivity index (χ1) is 5.46. The van der Waals surface area contributed by atoms with Gasteiger partial charge < -0.3 is 0 Å². The molecule has 1 rings (SSSR count). The Labute approximate surface area is 71.4 Å². The van der Waals surface area contributed by atoms with Crippen molar-refractivity contribution in [3.63, 3.8) is 0 Å². The summed E-state index contributed by atoms with van der Waals surface area (Å²) in [4.78, 5) is 0. The first kappa shape index (κ1) is 10.8. The quantitative estimate of drug-likeness (QED) is 0.405. The van der Waals surface area contributed by atoms with Gasteiger partial charge in [0.05, 0.1) is 0 Å². The topological polar surface area (TPSA) is 12.5 Å². The van der Waals surface area contributed by atoms with Gasteiger partial charge >= 0.3 is 23.3 Å². The highest BCUT2D eigenvalue weighted by Crippen LogP contribution is 2.64. The zero-order chi connectivity index (χ0) is 10.7. The second-order valence-electron chi connectivity index (χ2n) is 2.29. The van der Waals surface area contributed by atoms with Crippen LogP contribution in [0.25, 0.3) is 0 Å². The van der Waals surface area contributed by atoms with E-state index in [9.17, 15) is 30.7 Å². The van der Waals surface area contributed by atoms with E-state index in [1.165, 1.54) is 0 Å². The number of rotatable bonds is 2. The van der Waals surface area contributed by atoms with Crippen LogP contribution in [0.4, 0.5) is 30.7 Å². The molecule has 1 nitrogen and oxygen atoms in total. The average molecular weight is 232 g/mol. The zero-order valence-corrected chi connectivity index (χ0v) is 6.19. The Morgan fingerprint density at radius 1 is 1.00 bits per heavy atom. The summed E-state index contributed by atoms with van der Waals surface area (Å²) in [6, 6.07) is 0. The smallest absolute Gasteiger partial charge is 0.265 e. The van der Waals surface area contributed by atoms with Gasteiger partial charge in [0.1, 0.15) is 0 Å². The molecule has 0 aromatic carbocycles. The monoisotopic (exact) mass is 232 g/mol. The van der Waals surface area contributed by atoms with Crippen molar-refractivity contribution in [3.05, 3.63) is 0 Å². The predicted molar refractivity (Wildman–Crippen MR) is 25.6 cm³/mol. The number of ether oxygens (including phenoxy) is 1. The van der Waals surface area contributed by atoms with Gasteiger partial charge in [-0.15, -0.1) is 0 Å². The Hall–Kier alpha value is -0.240. The van der Waals surface area contributed by atoms with Crippen LogP contribution in [-0.4, -0.2) is 23.3 Å². The molecule has 1 aliphatic heterocycles. The molecule has 0 saturated carbocycles. The van der Waals surface area contributed by atoms with Crippen molar-refractivity contribution in [2.45, 2.75) is 23.3 Å². The van der Waals surface area contributed by atoms with E-state index in [2.05, 4.69) is 16.3 Å². The number of halogens is 8. The third-order valence-electron chi connectivity index (χ3n) is 1.36. The molecule has 0 N–H and O–H groups in total. The molecule has 0 amide bonds. The molecule has 0 radical (unpaired) electrons. The Kier molecular flexibility index (Phi) is 1.85. The van der Waals surface area contributed by atoms with E-state index in [-0.39, 0.29) is 0 Å². The van der Waals surface area contributed by atoms with Crippen molar-refractivity contribution in [1.82, 2.24) is 0 Å². The van der Waals surface area contributed by atoms with Crippen LogP contribution in [0.15, 0.2) is 0 Å². The van der Waals surface area contributed by atoms with Gasteiger partial charge in [0, 0.05) is 0 Å². The van der Waals surface area contributed by atoms with Crippen LogP contribution in [0.5, 0.6) is 0 Å². The molecular weight excluding hydrogens is 232 g/mol. The van der Waals surface area contributed by atoms with E-state index < -0.39 is 23.3 Å². The van der Waals surface area contributed by atoms with E-state index in [0.717, 1.165) is 0 Å². The lowest BCUT2D eigenvalue weighted by Crippen LogP contribution is -2.49. The minimum absolute atomic E-state index is 2.57. The Morgan fingerprint density at radius 2 is 1.31 bits per heavy atom. The number of alkyl halides is 8. The molecule has 13 heavy (non-hydrogen) atoms. The van der Waals surface area contributed by atoms with Crippen LogP contribution < -0.4 is 0 Å². The zero-order valence-electron chi connectivity index (χ0n) is 5.43. The first-order valence-electron chi connectivity index (χ1n) is 2.67. The molecule has 1 saturated heterocycles. The summed E-state index contributed by atoms with van der Waals surface area (Å²) in [7, 11) is 0. The molecule has 1 heterocycles. The number of epoxide rings is 1. The second-order valence-corrected chi connectivity index (χ2v) is 2.76. The Morgan fingerprint density at radius 3 is 1.38 bits per heavy atom. The van der Waals surface area contributed by atoms with Gasteiger partial charge in [-0.25, -0.2) is 0 Å². The molecule has 78 valence electrons. The minimum atomic E-state index is -5.79. The van der Waals surface area contributed by atoms with Crippen molar-refractivity contribution in [1.29, 1.82) is 0 Å². The summed E-state index contributed by atoms with van der Waals surface area (Å²) < 4.78 is 86.1. The molecule has 1 unspecified atom stereocenters. The molecule has 0 bridgehead atoms. The third kappa shape index (κ3) is 1.18. The summed E-state index contributed by atoms with van der Waals surface area (Å²) in [5.74, 6) is -10.8. The van der Waals surface area contributed by atoms with Gasteiger partial charge in [-0.1, -0.05) is 0 Å². The lowest BCUT2D eigenvalue weighted by Gasteiger charge is -2.21. The molecule has 0 aliphatic carbocycles. The van der Waals surface area contributed by atoms with Crippen LogP contribution in [-0.2, 0) is 4.74 Å². The lowest BCUT2D eigenvalue weighted by atomic mass is 10.2. The molecule has 1 atom stereocenters. The van der Waals surface area contributed by atoms with Crippen LogP contribution in [0.3, 0.4) is 0 Å². The van der Waals surface area contributed by atoms with Crippen LogP contribution in [0.1, 0.15) is 0 Å². The molecule has 0 aromatic heterocycles. The fourth-order valence-electron chi connectivity index (χ4n) is 0.580. The van der Waals surface area contributed by atoms with Gasteiger partial charge in [-0.05, 0) is 11.6 Å². The highest BCUT2D eigenvalue weighted by Gasteiger charge is 2.93.